The minimum absolute atomic E-state index is 0.328. The SMILES string of the molecule is CC(C)n1cc(/C=N\Nc2nc(SCc3cccc(Br)c3)n[nH]2)cn1. The molecule has 3 rings (SSSR count). The first-order valence-corrected chi connectivity index (χ1v) is 9.51. The molecule has 2 heterocycles. The van der Waals surface area contributed by atoms with Gasteiger partial charge in [-0.25, -0.2) is 10.5 Å². The molecule has 0 aliphatic heterocycles. The van der Waals surface area contributed by atoms with Crippen LogP contribution in [-0.2, 0) is 5.75 Å². The van der Waals surface area contributed by atoms with E-state index in [-0.39, 0.29) is 0 Å². The molecule has 0 amide bonds. The van der Waals surface area contributed by atoms with Crippen molar-refractivity contribution in [3.63, 3.8) is 0 Å². The molecule has 0 aliphatic rings. The van der Waals surface area contributed by atoms with Gasteiger partial charge in [0.25, 0.3) is 0 Å². The van der Waals surface area contributed by atoms with E-state index in [0.717, 1.165) is 15.8 Å². The summed E-state index contributed by atoms with van der Waals surface area (Å²) in [6.07, 6.45) is 5.41. The Kier molecular flexibility index (Phi) is 5.87. The average molecular weight is 420 g/mol. The number of aromatic amines is 1. The van der Waals surface area contributed by atoms with E-state index in [0.29, 0.717) is 17.1 Å². The fourth-order valence-electron chi connectivity index (χ4n) is 2.01. The van der Waals surface area contributed by atoms with Crippen LogP contribution < -0.4 is 5.43 Å². The van der Waals surface area contributed by atoms with E-state index >= 15 is 0 Å². The van der Waals surface area contributed by atoms with Gasteiger partial charge in [0, 0.05) is 28.0 Å². The lowest BCUT2D eigenvalue weighted by Crippen LogP contribution is -1.99. The summed E-state index contributed by atoms with van der Waals surface area (Å²) in [5.41, 5.74) is 4.97. The van der Waals surface area contributed by atoms with E-state index in [2.05, 4.69) is 72.7 Å². The molecule has 0 saturated heterocycles. The van der Waals surface area contributed by atoms with Gasteiger partial charge in [-0.05, 0) is 31.5 Å². The van der Waals surface area contributed by atoms with Crippen molar-refractivity contribution in [2.75, 3.05) is 5.43 Å². The van der Waals surface area contributed by atoms with Crippen LogP contribution >= 0.6 is 27.7 Å². The topological polar surface area (TPSA) is 83.8 Å². The number of anilines is 1. The minimum Gasteiger partial charge on any atom is -0.270 e. The molecular weight excluding hydrogens is 402 g/mol. The number of halogens is 1. The average Bonchev–Trinajstić information content (AvgIpc) is 3.23. The van der Waals surface area contributed by atoms with E-state index in [9.17, 15) is 0 Å². The molecule has 0 aliphatic carbocycles. The van der Waals surface area contributed by atoms with Crippen LogP contribution in [0.2, 0.25) is 0 Å². The fraction of sp³-hybridized carbons (Fsp3) is 0.250. The number of nitrogens with zero attached hydrogens (tertiary/aromatic N) is 5. The van der Waals surface area contributed by atoms with Crippen LogP contribution in [0.5, 0.6) is 0 Å². The quantitative estimate of drug-likeness (QED) is 0.342. The Bertz CT molecular complexity index is 856. The second-order valence-corrected chi connectivity index (χ2v) is 7.46. The molecule has 0 atom stereocenters. The van der Waals surface area contributed by atoms with Crippen LogP contribution in [-0.4, -0.2) is 31.2 Å². The second kappa shape index (κ2) is 8.30. The van der Waals surface area contributed by atoms with Crippen molar-refractivity contribution in [1.82, 2.24) is 25.0 Å². The molecular formula is C16H18BrN7S. The van der Waals surface area contributed by atoms with Gasteiger partial charge in [-0.3, -0.25) is 4.68 Å². The molecule has 0 unspecified atom stereocenters. The molecule has 130 valence electrons. The number of benzene rings is 1. The Labute approximate surface area is 158 Å². The lowest BCUT2D eigenvalue weighted by Gasteiger charge is -2.02. The number of hydrogen-bond donors (Lipinski definition) is 2. The van der Waals surface area contributed by atoms with Gasteiger partial charge < -0.3 is 0 Å². The summed E-state index contributed by atoms with van der Waals surface area (Å²) in [7, 11) is 0. The predicted molar refractivity (Wildman–Crippen MR) is 104 cm³/mol. The monoisotopic (exact) mass is 419 g/mol. The van der Waals surface area contributed by atoms with Crippen LogP contribution in [0.15, 0.2) is 51.4 Å². The number of aromatic nitrogens is 5. The van der Waals surface area contributed by atoms with Gasteiger partial charge in [-0.15, -0.1) is 5.10 Å². The molecule has 0 fully saturated rings. The summed E-state index contributed by atoms with van der Waals surface area (Å²) in [6, 6.07) is 8.51. The van der Waals surface area contributed by atoms with Crippen molar-refractivity contribution in [2.24, 2.45) is 5.10 Å². The lowest BCUT2D eigenvalue weighted by molar-refractivity contribution is 0.532. The summed E-state index contributed by atoms with van der Waals surface area (Å²) in [6.45, 7) is 4.15. The van der Waals surface area contributed by atoms with Gasteiger partial charge in [-0.2, -0.15) is 15.2 Å². The molecule has 3 aromatic rings. The highest BCUT2D eigenvalue weighted by Crippen LogP contribution is 2.21. The minimum atomic E-state index is 0.328. The highest BCUT2D eigenvalue weighted by molar-refractivity contribution is 9.10. The Morgan fingerprint density at radius 3 is 3.08 bits per heavy atom. The number of thioether (sulfide) groups is 1. The number of hydrazone groups is 1. The summed E-state index contributed by atoms with van der Waals surface area (Å²) < 4.78 is 2.95. The Hall–Kier alpha value is -2.13. The van der Waals surface area contributed by atoms with Gasteiger partial charge >= 0.3 is 0 Å². The Morgan fingerprint density at radius 1 is 1.44 bits per heavy atom. The van der Waals surface area contributed by atoms with Crippen molar-refractivity contribution in [2.45, 2.75) is 30.8 Å². The van der Waals surface area contributed by atoms with Crippen molar-refractivity contribution in [3.05, 3.63) is 52.3 Å². The van der Waals surface area contributed by atoms with E-state index in [4.69, 9.17) is 0 Å². The Morgan fingerprint density at radius 2 is 2.32 bits per heavy atom. The summed E-state index contributed by atoms with van der Waals surface area (Å²) in [5, 5.41) is 16.1. The normalized spacial score (nSPS) is 11.5. The Balaban J connectivity index is 1.51. The zero-order valence-electron chi connectivity index (χ0n) is 13.8. The first-order valence-electron chi connectivity index (χ1n) is 7.73. The third-order valence-electron chi connectivity index (χ3n) is 3.26. The molecule has 2 aromatic heterocycles. The highest BCUT2D eigenvalue weighted by atomic mass is 79.9. The largest absolute Gasteiger partial charge is 0.270 e. The fourth-order valence-corrected chi connectivity index (χ4v) is 3.19. The van der Waals surface area contributed by atoms with Crippen molar-refractivity contribution in [1.29, 1.82) is 0 Å². The van der Waals surface area contributed by atoms with E-state index in [1.54, 1.807) is 24.2 Å². The summed E-state index contributed by atoms with van der Waals surface area (Å²) >= 11 is 5.03. The van der Waals surface area contributed by atoms with E-state index < -0.39 is 0 Å². The summed E-state index contributed by atoms with van der Waals surface area (Å²) in [4.78, 5) is 4.35. The van der Waals surface area contributed by atoms with Crippen molar-refractivity contribution < 1.29 is 0 Å². The maximum absolute atomic E-state index is 4.35. The molecule has 9 heteroatoms. The molecule has 0 saturated carbocycles. The standard InChI is InChI=1S/C16H18BrN7S/c1-11(2)24-9-13(8-19-24)7-18-21-15-20-16(23-22-15)25-10-12-4-3-5-14(17)6-12/h3-9,11H,10H2,1-2H3,(H2,20,21,22,23)/b18-7-. The number of nitrogens with one attached hydrogen (secondary N) is 2. The van der Waals surface area contributed by atoms with Gasteiger partial charge in [0.1, 0.15) is 0 Å². The van der Waals surface area contributed by atoms with Crippen molar-refractivity contribution in [3.8, 4) is 0 Å². The number of rotatable bonds is 7. The highest BCUT2D eigenvalue weighted by Gasteiger charge is 2.04. The molecule has 7 nitrogen and oxygen atoms in total. The lowest BCUT2D eigenvalue weighted by atomic mass is 10.2. The second-order valence-electron chi connectivity index (χ2n) is 5.60. The predicted octanol–water partition coefficient (Wildman–Crippen LogP) is 4.08. The third-order valence-corrected chi connectivity index (χ3v) is 4.67. The smallest absolute Gasteiger partial charge is 0.240 e. The van der Waals surface area contributed by atoms with Crippen LogP contribution in [0.1, 0.15) is 31.0 Å². The molecule has 25 heavy (non-hydrogen) atoms. The summed E-state index contributed by atoms with van der Waals surface area (Å²) in [5.74, 6) is 1.30. The first kappa shape index (κ1) is 17.7. The van der Waals surface area contributed by atoms with Crippen molar-refractivity contribution >= 4 is 39.9 Å². The molecule has 2 N–H and O–H groups in total. The van der Waals surface area contributed by atoms with Crippen LogP contribution in [0.3, 0.4) is 0 Å². The molecule has 1 aromatic carbocycles. The first-order chi connectivity index (χ1) is 12.1. The zero-order chi connectivity index (χ0) is 17.6. The zero-order valence-corrected chi connectivity index (χ0v) is 16.3. The van der Waals surface area contributed by atoms with E-state index in [1.165, 1.54) is 5.56 Å². The van der Waals surface area contributed by atoms with Gasteiger partial charge in [0.15, 0.2) is 0 Å². The third kappa shape index (κ3) is 5.17. The van der Waals surface area contributed by atoms with Gasteiger partial charge in [-0.1, -0.05) is 39.8 Å². The molecule has 0 bridgehead atoms. The number of hydrogen-bond acceptors (Lipinski definition) is 6. The maximum Gasteiger partial charge on any atom is 0.240 e. The maximum atomic E-state index is 4.35. The van der Waals surface area contributed by atoms with Gasteiger partial charge in [0.05, 0.1) is 12.4 Å². The van der Waals surface area contributed by atoms with Crippen LogP contribution in [0, 0.1) is 0 Å². The number of H-pyrrole nitrogens is 1. The van der Waals surface area contributed by atoms with Crippen LogP contribution in [0.25, 0.3) is 0 Å². The van der Waals surface area contributed by atoms with Crippen LogP contribution in [0.4, 0.5) is 5.95 Å². The molecule has 0 spiro atoms. The molecule has 0 radical (unpaired) electrons. The van der Waals surface area contributed by atoms with E-state index in [1.807, 2.05) is 23.0 Å². The van der Waals surface area contributed by atoms with Gasteiger partial charge in [0.2, 0.25) is 11.1 Å².